The van der Waals surface area contributed by atoms with Gasteiger partial charge in [-0.25, -0.2) is 9.97 Å². The van der Waals surface area contributed by atoms with E-state index in [1.165, 1.54) is 18.5 Å². The maximum atomic E-state index is 11.4. The highest BCUT2D eigenvalue weighted by molar-refractivity contribution is 7.21. The van der Waals surface area contributed by atoms with Crippen molar-refractivity contribution in [3.8, 4) is 11.3 Å². The number of carbonyl (C=O) groups excluding carboxylic acids is 1. The van der Waals surface area contributed by atoms with Crippen LogP contribution in [0.1, 0.15) is 9.67 Å². The third kappa shape index (κ3) is 2.13. The molecule has 8 nitrogen and oxygen atoms in total. The summed E-state index contributed by atoms with van der Waals surface area (Å²) < 4.78 is 0. The van der Waals surface area contributed by atoms with Gasteiger partial charge in [-0.3, -0.25) is 14.9 Å². The van der Waals surface area contributed by atoms with Gasteiger partial charge >= 0.3 is 0 Å². The standard InChI is InChI=1S/C13H9N5O3S/c14-9-8-10(6-2-1-3-7(4-6)18(20)21)16-5-17-13(8)22-11(9)12(15)19/h1-5H,14H2,(H2,15,19). The number of non-ortho nitro benzene ring substituents is 1. The van der Waals surface area contributed by atoms with E-state index in [1.54, 1.807) is 12.1 Å². The maximum absolute atomic E-state index is 11.4. The Morgan fingerprint density at radius 2 is 2.09 bits per heavy atom. The minimum absolute atomic E-state index is 0.0619. The maximum Gasteiger partial charge on any atom is 0.270 e. The van der Waals surface area contributed by atoms with Crippen molar-refractivity contribution in [3.63, 3.8) is 0 Å². The molecule has 0 spiro atoms. The summed E-state index contributed by atoms with van der Waals surface area (Å²) in [6, 6.07) is 6.01. The van der Waals surface area contributed by atoms with Crippen LogP contribution in [0.25, 0.3) is 21.5 Å². The Balaban J connectivity index is 2.29. The lowest BCUT2D eigenvalue weighted by atomic mass is 10.1. The van der Waals surface area contributed by atoms with Gasteiger partial charge in [-0.15, -0.1) is 11.3 Å². The van der Waals surface area contributed by atoms with E-state index in [4.69, 9.17) is 11.5 Å². The number of nitrogens with two attached hydrogens (primary N) is 2. The summed E-state index contributed by atoms with van der Waals surface area (Å²) in [7, 11) is 0. The number of fused-ring (bicyclic) bond motifs is 1. The van der Waals surface area contributed by atoms with Crippen LogP contribution in [0.5, 0.6) is 0 Å². The monoisotopic (exact) mass is 315 g/mol. The largest absolute Gasteiger partial charge is 0.397 e. The number of nitrogen functional groups attached to an aromatic ring is 1. The average molecular weight is 315 g/mol. The topological polar surface area (TPSA) is 138 Å². The molecule has 0 atom stereocenters. The van der Waals surface area contributed by atoms with Crippen LogP contribution in [-0.2, 0) is 0 Å². The number of carbonyl (C=O) groups is 1. The number of nitrogens with zero attached hydrogens (tertiary/aromatic N) is 3. The molecule has 0 unspecified atom stereocenters. The van der Waals surface area contributed by atoms with Crippen LogP contribution in [0.4, 0.5) is 11.4 Å². The highest BCUT2D eigenvalue weighted by atomic mass is 32.1. The fraction of sp³-hybridized carbons (Fsp3) is 0. The zero-order valence-corrected chi connectivity index (χ0v) is 11.8. The lowest BCUT2D eigenvalue weighted by molar-refractivity contribution is -0.384. The van der Waals surface area contributed by atoms with Crippen molar-refractivity contribution in [2.75, 3.05) is 5.73 Å². The summed E-state index contributed by atoms with van der Waals surface area (Å²) in [6.45, 7) is 0. The van der Waals surface area contributed by atoms with Crippen LogP contribution in [0.2, 0.25) is 0 Å². The minimum atomic E-state index is -0.648. The molecule has 0 aliphatic rings. The fourth-order valence-corrected chi connectivity index (χ4v) is 3.04. The number of amides is 1. The summed E-state index contributed by atoms with van der Waals surface area (Å²) in [5, 5.41) is 11.4. The van der Waals surface area contributed by atoms with Gasteiger partial charge in [-0.05, 0) is 0 Å². The number of nitro benzene ring substituents is 1. The Hall–Kier alpha value is -3.07. The second-order valence-corrected chi connectivity index (χ2v) is 5.42. The molecule has 0 saturated carbocycles. The van der Waals surface area contributed by atoms with Crippen molar-refractivity contribution in [2.45, 2.75) is 0 Å². The number of anilines is 1. The number of nitro groups is 1. The molecule has 4 N–H and O–H groups in total. The first-order valence-corrected chi connectivity index (χ1v) is 6.88. The molecular formula is C13H9N5O3S. The quantitative estimate of drug-likeness (QED) is 0.559. The SMILES string of the molecule is NC(=O)c1sc2ncnc(-c3cccc([N+](=O)[O-])c3)c2c1N. The molecule has 1 amide bonds. The van der Waals surface area contributed by atoms with E-state index in [2.05, 4.69) is 9.97 Å². The molecule has 2 heterocycles. The molecule has 0 saturated heterocycles. The predicted octanol–water partition coefficient (Wildman–Crippen LogP) is 1.95. The number of benzene rings is 1. The summed E-state index contributed by atoms with van der Waals surface area (Å²) >= 11 is 1.07. The average Bonchev–Trinajstić information content (AvgIpc) is 2.85. The first-order valence-electron chi connectivity index (χ1n) is 6.06. The van der Waals surface area contributed by atoms with Gasteiger partial charge < -0.3 is 11.5 Å². The van der Waals surface area contributed by atoms with Crippen LogP contribution in [0.3, 0.4) is 0 Å². The van der Waals surface area contributed by atoms with Crippen LogP contribution in [-0.4, -0.2) is 20.8 Å². The number of rotatable bonds is 3. The van der Waals surface area contributed by atoms with Crippen LogP contribution in [0.15, 0.2) is 30.6 Å². The van der Waals surface area contributed by atoms with Gasteiger partial charge in [-0.2, -0.15) is 0 Å². The second-order valence-electron chi connectivity index (χ2n) is 4.42. The summed E-state index contributed by atoms with van der Waals surface area (Å²) in [5.41, 5.74) is 12.3. The van der Waals surface area contributed by atoms with Gasteiger partial charge in [-0.1, -0.05) is 12.1 Å². The molecule has 9 heteroatoms. The fourth-order valence-electron chi connectivity index (χ4n) is 2.12. The molecule has 0 fully saturated rings. The van der Waals surface area contributed by atoms with Crippen LogP contribution >= 0.6 is 11.3 Å². The zero-order chi connectivity index (χ0) is 15.9. The molecule has 3 aromatic rings. The van der Waals surface area contributed by atoms with Crippen LogP contribution in [0, 0.1) is 10.1 Å². The molecular weight excluding hydrogens is 306 g/mol. The van der Waals surface area contributed by atoms with Crippen molar-refractivity contribution in [1.29, 1.82) is 0 Å². The Labute approximate surface area is 127 Å². The molecule has 0 radical (unpaired) electrons. The lowest BCUT2D eigenvalue weighted by Crippen LogP contribution is -2.10. The molecule has 1 aromatic carbocycles. The zero-order valence-electron chi connectivity index (χ0n) is 11.0. The Morgan fingerprint density at radius 3 is 2.77 bits per heavy atom. The third-order valence-electron chi connectivity index (χ3n) is 3.08. The van der Waals surface area contributed by atoms with E-state index in [0.717, 1.165) is 11.3 Å². The van der Waals surface area contributed by atoms with E-state index in [0.29, 0.717) is 21.5 Å². The van der Waals surface area contributed by atoms with Crippen molar-refractivity contribution in [2.24, 2.45) is 5.73 Å². The second kappa shape index (κ2) is 5.04. The lowest BCUT2D eigenvalue weighted by Gasteiger charge is -2.03. The number of thiophene rings is 1. The normalized spacial score (nSPS) is 10.7. The van der Waals surface area contributed by atoms with Crippen molar-refractivity contribution in [3.05, 3.63) is 45.6 Å². The molecule has 0 aliphatic heterocycles. The van der Waals surface area contributed by atoms with Gasteiger partial charge in [0.1, 0.15) is 16.0 Å². The number of aromatic nitrogens is 2. The summed E-state index contributed by atoms with van der Waals surface area (Å²) in [6.07, 6.45) is 1.32. The Kier molecular flexibility index (Phi) is 3.18. The van der Waals surface area contributed by atoms with Crippen molar-refractivity contribution >= 4 is 38.8 Å². The van der Waals surface area contributed by atoms with Crippen molar-refractivity contribution < 1.29 is 9.72 Å². The minimum Gasteiger partial charge on any atom is -0.397 e. The molecule has 0 bridgehead atoms. The molecule has 110 valence electrons. The highest BCUT2D eigenvalue weighted by Gasteiger charge is 2.20. The van der Waals surface area contributed by atoms with Crippen molar-refractivity contribution in [1.82, 2.24) is 9.97 Å². The number of hydrogen-bond donors (Lipinski definition) is 2. The van der Waals surface area contributed by atoms with Gasteiger partial charge in [0.15, 0.2) is 0 Å². The smallest absolute Gasteiger partial charge is 0.270 e. The highest BCUT2D eigenvalue weighted by Crippen LogP contribution is 2.38. The predicted molar refractivity (Wildman–Crippen MR) is 82.4 cm³/mol. The van der Waals surface area contributed by atoms with E-state index in [9.17, 15) is 14.9 Å². The van der Waals surface area contributed by atoms with Gasteiger partial charge in [0.05, 0.1) is 21.7 Å². The van der Waals surface area contributed by atoms with E-state index >= 15 is 0 Å². The van der Waals surface area contributed by atoms with Gasteiger partial charge in [0, 0.05) is 17.7 Å². The van der Waals surface area contributed by atoms with E-state index < -0.39 is 10.8 Å². The summed E-state index contributed by atoms with van der Waals surface area (Å²) in [4.78, 5) is 30.7. The van der Waals surface area contributed by atoms with E-state index in [-0.39, 0.29) is 16.3 Å². The third-order valence-corrected chi connectivity index (χ3v) is 4.21. The number of hydrogen-bond acceptors (Lipinski definition) is 7. The van der Waals surface area contributed by atoms with Crippen LogP contribution < -0.4 is 11.5 Å². The Bertz CT molecular complexity index is 921. The molecule has 0 aliphatic carbocycles. The number of primary amides is 1. The first kappa shape index (κ1) is 13.9. The Morgan fingerprint density at radius 1 is 1.32 bits per heavy atom. The molecule has 22 heavy (non-hydrogen) atoms. The molecule has 3 rings (SSSR count). The van der Waals surface area contributed by atoms with E-state index in [1.807, 2.05) is 0 Å². The van der Waals surface area contributed by atoms with Gasteiger partial charge in [0.25, 0.3) is 11.6 Å². The van der Waals surface area contributed by atoms with Gasteiger partial charge in [0.2, 0.25) is 0 Å². The first-order chi connectivity index (χ1) is 10.5. The summed E-state index contributed by atoms with van der Waals surface area (Å²) in [5.74, 6) is -0.648. The molecule has 2 aromatic heterocycles.